The zero-order valence-electron chi connectivity index (χ0n) is 7.10. The van der Waals surface area contributed by atoms with Gasteiger partial charge in [-0.2, -0.15) is 19.6 Å². The zero-order valence-corrected chi connectivity index (χ0v) is 8.81. The quantitative estimate of drug-likeness (QED) is 0.534. The average molecular weight is 210 g/mol. The lowest BCUT2D eigenvalue weighted by Gasteiger charge is -2.10. The fourth-order valence-corrected chi connectivity index (χ4v) is 3.23. The van der Waals surface area contributed by atoms with Gasteiger partial charge in [-0.3, -0.25) is 0 Å². The molecule has 0 aromatic carbocycles. The first-order chi connectivity index (χ1) is 5.48. The molecular weight excluding hydrogens is 197 g/mol. The van der Waals surface area contributed by atoms with E-state index >= 15 is 0 Å². The summed E-state index contributed by atoms with van der Waals surface area (Å²) in [5.74, 6) is 0.393. The Labute approximate surface area is 76.9 Å². The second kappa shape index (κ2) is 5.74. The predicted octanol–water partition coefficient (Wildman–Crippen LogP) is 1.72. The van der Waals surface area contributed by atoms with E-state index in [4.69, 9.17) is 9.79 Å². The van der Waals surface area contributed by atoms with Gasteiger partial charge < -0.3 is 0 Å². The Morgan fingerprint density at radius 2 is 2.17 bits per heavy atom. The third kappa shape index (κ3) is 6.84. The molecule has 0 unspecified atom stereocenters. The first kappa shape index (κ1) is 12.2. The summed E-state index contributed by atoms with van der Waals surface area (Å²) in [6.07, 6.45) is 0.0950. The van der Waals surface area contributed by atoms with Crippen molar-refractivity contribution in [2.75, 3.05) is 5.75 Å². The highest BCUT2D eigenvalue weighted by atomic mass is 32.7. The van der Waals surface area contributed by atoms with E-state index in [1.54, 1.807) is 13.8 Å². The standard InChI is InChI=1S/C6H13NO3PS/c1-6(2)10-11(8,9)12-5-3-4-7/h6,8-9H,3,5H2,1-2H3/q+1. The number of hydrogen-bond donors (Lipinski definition) is 2. The summed E-state index contributed by atoms with van der Waals surface area (Å²) in [5, 5.41) is 8.19. The number of hydrogen-bond acceptors (Lipinski definition) is 5. The lowest BCUT2D eigenvalue weighted by molar-refractivity contribution is 0.195. The molecule has 0 saturated heterocycles. The third-order valence-corrected chi connectivity index (χ3v) is 4.06. The molecule has 0 heterocycles. The van der Waals surface area contributed by atoms with Crippen LogP contribution in [-0.4, -0.2) is 21.6 Å². The van der Waals surface area contributed by atoms with Gasteiger partial charge in [0.2, 0.25) is 0 Å². The second-order valence-electron chi connectivity index (χ2n) is 2.39. The molecule has 70 valence electrons. The summed E-state index contributed by atoms with van der Waals surface area (Å²) in [6.45, 7) is 3.46. The van der Waals surface area contributed by atoms with Crippen LogP contribution in [0.3, 0.4) is 0 Å². The van der Waals surface area contributed by atoms with Crippen molar-refractivity contribution in [3.8, 4) is 6.07 Å². The number of rotatable bonds is 5. The molecule has 0 saturated carbocycles. The van der Waals surface area contributed by atoms with E-state index in [0.717, 1.165) is 11.4 Å². The van der Waals surface area contributed by atoms with Crippen LogP contribution in [0.5, 0.6) is 0 Å². The molecule has 4 nitrogen and oxygen atoms in total. The molecule has 2 N–H and O–H groups in total. The molecule has 6 heteroatoms. The van der Waals surface area contributed by atoms with Crippen LogP contribution in [0.2, 0.25) is 0 Å². The maximum Gasteiger partial charge on any atom is 0.476 e. The van der Waals surface area contributed by atoms with Crippen molar-refractivity contribution in [2.45, 2.75) is 26.4 Å². The van der Waals surface area contributed by atoms with Gasteiger partial charge in [0.15, 0.2) is 0 Å². The highest BCUT2D eigenvalue weighted by Gasteiger charge is 2.38. The Kier molecular flexibility index (Phi) is 5.81. The number of nitriles is 1. The minimum Gasteiger partial charge on any atom is -0.198 e. The maximum absolute atomic E-state index is 9.21. The Morgan fingerprint density at radius 3 is 2.58 bits per heavy atom. The second-order valence-corrected chi connectivity index (χ2v) is 6.45. The van der Waals surface area contributed by atoms with E-state index in [-0.39, 0.29) is 6.10 Å². The van der Waals surface area contributed by atoms with Crippen LogP contribution in [0.1, 0.15) is 20.3 Å². The minimum absolute atomic E-state index is 0.206. The maximum atomic E-state index is 9.21. The monoisotopic (exact) mass is 210 g/mol. The van der Waals surface area contributed by atoms with E-state index in [9.17, 15) is 9.79 Å². The van der Waals surface area contributed by atoms with Crippen LogP contribution in [0, 0.1) is 11.3 Å². The van der Waals surface area contributed by atoms with Gasteiger partial charge in [-0.1, -0.05) is 0 Å². The fourth-order valence-electron chi connectivity index (χ4n) is 0.515. The molecule has 0 atom stereocenters. The van der Waals surface area contributed by atoms with Crippen molar-refractivity contribution >= 4 is 18.5 Å². The van der Waals surface area contributed by atoms with E-state index in [2.05, 4.69) is 0 Å². The first-order valence-electron chi connectivity index (χ1n) is 3.52. The summed E-state index contributed by atoms with van der Waals surface area (Å²) in [7, 11) is -3.26. The summed E-state index contributed by atoms with van der Waals surface area (Å²) in [6, 6.07) is 1.91. The van der Waals surface area contributed by atoms with Gasteiger partial charge in [0.25, 0.3) is 0 Å². The first-order valence-corrected chi connectivity index (χ1v) is 6.72. The summed E-state index contributed by atoms with van der Waals surface area (Å²) in [5.41, 5.74) is 0. The van der Waals surface area contributed by atoms with Gasteiger partial charge in [0.05, 0.1) is 11.8 Å². The van der Waals surface area contributed by atoms with Gasteiger partial charge in [0, 0.05) is 6.42 Å². The van der Waals surface area contributed by atoms with Crippen LogP contribution in [-0.2, 0) is 4.52 Å². The summed E-state index contributed by atoms with van der Waals surface area (Å²) in [4.78, 5) is 18.4. The molecular formula is C6H13NO3PS+. The van der Waals surface area contributed by atoms with E-state index in [1.807, 2.05) is 6.07 Å². The van der Waals surface area contributed by atoms with Crippen molar-refractivity contribution in [3.05, 3.63) is 0 Å². The molecule has 0 aromatic rings. The van der Waals surface area contributed by atoms with Crippen molar-refractivity contribution in [1.29, 1.82) is 5.26 Å². The molecule has 0 radical (unpaired) electrons. The van der Waals surface area contributed by atoms with Crippen molar-refractivity contribution < 1.29 is 14.3 Å². The van der Waals surface area contributed by atoms with Gasteiger partial charge in [0.1, 0.15) is 17.5 Å². The molecule has 0 bridgehead atoms. The molecule has 0 aromatic heterocycles. The SMILES string of the molecule is CC(C)O[P+](O)(O)SCCC#N. The van der Waals surface area contributed by atoms with Gasteiger partial charge in [-0.15, -0.1) is 0 Å². The highest BCUT2D eigenvalue weighted by molar-refractivity contribution is 8.57. The van der Waals surface area contributed by atoms with Crippen LogP contribution < -0.4 is 0 Å². The van der Waals surface area contributed by atoms with Crippen molar-refractivity contribution in [1.82, 2.24) is 0 Å². The normalized spacial score (nSPS) is 11.7. The smallest absolute Gasteiger partial charge is 0.198 e. The topological polar surface area (TPSA) is 73.5 Å². The Bertz CT molecular complexity index is 169. The molecule has 0 aliphatic heterocycles. The zero-order chi connectivity index (χ0) is 9.61. The van der Waals surface area contributed by atoms with E-state index < -0.39 is 7.15 Å². The molecule has 0 spiro atoms. The van der Waals surface area contributed by atoms with Gasteiger partial charge in [-0.25, -0.2) is 0 Å². The van der Waals surface area contributed by atoms with E-state index in [1.165, 1.54) is 0 Å². The Hall–Kier alpha value is 0.150. The number of nitrogens with zero attached hydrogens (tertiary/aromatic N) is 1. The van der Waals surface area contributed by atoms with Gasteiger partial charge >= 0.3 is 7.15 Å². The molecule has 0 aliphatic carbocycles. The van der Waals surface area contributed by atoms with Gasteiger partial charge in [-0.05, 0) is 13.8 Å². The molecule has 0 amide bonds. The summed E-state index contributed by atoms with van der Waals surface area (Å²) < 4.78 is 4.86. The Morgan fingerprint density at radius 1 is 1.58 bits per heavy atom. The molecule has 0 rings (SSSR count). The van der Waals surface area contributed by atoms with Crippen LogP contribution >= 0.6 is 18.5 Å². The van der Waals surface area contributed by atoms with Crippen molar-refractivity contribution in [3.63, 3.8) is 0 Å². The fraction of sp³-hybridized carbons (Fsp3) is 0.833. The summed E-state index contributed by atoms with van der Waals surface area (Å²) >= 11 is 0.909. The van der Waals surface area contributed by atoms with Crippen LogP contribution in [0.15, 0.2) is 0 Å². The largest absolute Gasteiger partial charge is 0.476 e. The molecule has 12 heavy (non-hydrogen) atoms. The molecule has 0 aliphatic rings. The van der Waals surface area contributed by atoms with Crippen LogP contribution in [0.25, 0.3) is 0 Å². The third-order valence-electron chi connectivity index (χ3n) is 0.821. The van der Waals surface area contributed by atoms with E-state index in [0.29, 0.717) is 12.2 Å². The van der Waals surface area contributed by atoms with Crippen molar-refractivity contribution in [2.24, 2.45) is 0 Å². The lowest BCUT2D eigenvalue weighted by atomic mass is 10.5. The Balaban J connectivity index is 3.65. The lowest BCUT2D eigenvalue weighted by Crippen LogP contribution is -2.02. The van der Waals surface area contributed by atoms with Crippen LogP contribution in [0.4, 0.5) is 0 Å². The highest BCUT2D eigenvalue weighted by Crippen LogP contribution is 2.64. The average Bonchev–Trinajstić information content (AvgIpc) is 1.84. The minimum atomic E-state index is -3.26. The predicted molar refractivity (Wildman–Crippen MR) is 50.3 cm³/mol. The molecule has 0 fully saturated rings.